The van der Waals surface area contributed by atoms with Gasteiger partial charge in [0.05, 0.1) is 5.02 Å². The summed E-state index contributed by atoms with van der Waals surface area (Å²) in [5.41, 5.74) is 3.67. The van der Waals surface area contributed by atoms with Crippen LogP contribution in [0.1, 0.15) is 5.56 Å². The molecule has 0 atom stereocenters. The van der Waals surface area contributed by atoms with Crippen molar-refractivity contribution in [2.45, 2.75) is 6.92 Å². The van der Waals surface area contributed by atoms with Gasteiger partial charge in [0.25, 0.3) is 0 Å². The van der Waals surface area contributed by atoms with E-state index in [4.69, 9.17) is 16.0 Å². The van der Waals surface area contributed by atoms with Crippen LogP contribution >= 0.6 is 11.6 Å². The van der Waals surface area contributed by atoms with Gasteiger partial charge in [0.1, 0.15) is 11.3 Å². The molecule has 0 fully saturated rings. The predicted octanol–water partition coefficient (Wildman–Crippen LogP) is 4.46. The molecule has 0 N–H and O–H groups in total. The monoisotopic (exact) mass is 243 g/mol. The molecular formula is C14H10ClNO. The van der Waals surface area contributed by atoms with Gasteiger partial charge in [-0.15, -0.1) is 0 Å². The molecule has 84 valence electrons. The minimum absolute atomic E-state index is 0.592. The Labute approximate surface area is 104 Å². The van der Waals surface area contributed by atoms with E-state index in [-0.39, 0.29) is 0 Å². The lowest BCUT2D eigenvalue weighted by Gasteiger charge is -1.97. The van der Waals surface area contributed by atoms with Crippen LogP contribution in [0.3, 0.4) is 0 Å². The third-order valence-corrected chi connectivity index (χ3v) is 2.96. The van der Waals surface area contributed by atoms with E-state index in [0.717, 1.165) is 16.8 Å². The smallest absolute Gasteiger partial charge is 0.171 e. The minimum atomic E-state index is 0.592. The molecule has 17 heavy (non-hydrogen) atoms. The van der Waals surface area contributed by atoms with E-state index in [2.05, 4.69) is 24.0 Å². The molecule has 0 bridgehead atoms. The zero-order chi connectivity index (χ0) is 11.8. The molecule has 0 amide bonds. The van der Waals surface area contributed by atoms with Crippen molar-refractivity contribution in [3.05, 3.63) is 53.2 Å². The van der Waals surface area contributed by atoms with Crippen LogP contribution in [0.2, 0.25) is 5.02 Å². The molecule has 1 aromatic carbocycles. The highest BCUT2D eigenvalue weighted by Gasteiger charge is 2.09. The number of hydrogen-bond acceptors (Lipinski definition) is 2. The van der Waals surface area contributed by atoms with Crippen molar-refractivity contribution in [1.29, 1.82) is 0 Å². The van der Waals surface area contributed by atoms with Crippen LogP contribution in [0.4, 0.5) is 0 Å². The maximum Gasteiger partial charge on any atom is 0.171 e. The molecule has 0 saturated carbocycles. The zero-order valence-electron chi connectivity index (χ0n) is 9.27. The molecule has 0 aliphatic carbocycles. The quantitative estimate of drug-likeness (QED) is 0.631. The summed E-state index contributed by atoms with van der Waals surface area (Å²) in [7, 11) is 0. The van der Waals surface area contributed by atoms with Crippen molar-refractivity contribution in [2.75, 3.05) is 0 Å². The zero-order valence-corrected chi connectivity index (χ0v) is 10.0. The first-order valence-corrected chi connectivity index (χ1v) is 5.73. The Morgan fingerprint density at radius 3 is 2.82 bits per heavy atom. The van der Waals surface area contributed by atoms with Gasteiger partial charge in [-0.25, -0.2) is 0 Å². The topological polar surface area (TPSA) is 26.0 Å². The number of pyridine rings is 1. The van der Waals surface area contributed by atoms with Crippen LogP contribution in [0.25, 0.3) is 22.4 Å². The lowest BCUT2D eigenvalue weighted by molar-refractivity contribution is 0.631. The van der Waals surface area contributed by atoms with Crippen molar-refractivity contribution in [3.63, 3.8) is 0 Å². The van der Waals surface area contributed by atoms with Gasteiger partial charge in [-0.3, -0.25) is 4.98 Å². The van der Waals surface area contributed by atoms with E-state index in [9.17, 15) is 0 Å². The molecule has 3 rings (SSSR count). The second-order valence-corrected chi connectivity index (χ2v) is 4.39. The van der Waals surface area contributed by atoms with Crippen LogP contribution < -0.4 is 0 Å². The molecule has 0 spiro atoms. The first kappa shape index (κ1) is 10.4. The van der Waals surface area contributed by atoms with Gasteiger partial charge in [0.2, 0.25) is 0 Å². The van der Waals surface area contributed by atoms with Crippen molar-refractivity contribution in [3.8, 4) is 11.3 Å². The number of aromatic nitrogens is 1. The number of aryl methyl sites for hydroxylation is 1. The van der Waals surface area contributed by atoms with Gasteiger partial charge in [-0.1, -0.05) is 35.4 Å². The van der Waals surface area contributed by atoms with Gasteiger partial charge >= 0.3 is 0 Å². The van der Waals surface area contributed by atoms with Crippen LogP contribution in [0.15, 0.2) is 47.0 Å². The molecule has 3 aromatic rings. The Hall–Kier alpha value is -1.80. The number of hydrogen-bond donors (Lipinski definition) is 0. The van der Waals surface area contributed by atoms with E-state index in [1.54, 1.807) is 12.3 Å². The average molecular weight is 244 g/mol. The first-order chi connectivity index (χ1) is 8.24. The number of benzene rings is 1. The summed E-state index contributed by atoms with van der Waals surface area (Å²) in [4.78, 5) is 4.23. The number of nitrogens with zero attached hydrogens (tertiary/aromatic N) is 1. The molecule has 0 aliphatic heterocycles. The summed E-state index contributed by atoms with van der Waals surface area (Å²) in [6, 6.07) is 11.8. The van der Waals surface area contributed by atoms with Crippen molar-refractivity contribution in [1.82, 2.24) is 4.98 Å². The van der Waals surface area contributed by atoms with E-state index in [1.165, 1.54) is 5.56 Å². The molecule has 0 unspecified atom stereocenters. The third kappa shape index (κ3) is 1.81. The number of halogens is 1. The Kier molecular flexibility index (Phi) is 2.37. The summed E-state index contributed by atoms with van der Waals surface area (Å²) >= 11 is 6.06. The molecule has 0 aliphatic rings. The lowest BCUT2D eigenvalue weighted by atomic mass is 10.1. The summed E-state index contributed by atoms with van der Waals surface area (Å²) in [6.07, 6.45) is 1.68. The molecule has 0 radical (unpaired) electrons. The van der Waals surface area contributed by atoms with Gasteiger partial charge in [-0.2, -0.15) is 0 Å². The van der Waals surface area contributed by atoms with Crippen LogP contribution in [-0.4, -0.2) is 4.98 Å². The highest BCUT2D eigenvalue weighted by atomic mass is 35.5. The molecule has 2 nitrogen and oxygen atoms in total. The Balaban J connectivity index is 2.22. The highest BCUT2D eigenvalue weighted by Crippen LogP contribution is 2.30. The fraction of sp³-hybridized carbons (Fsp3) is 0.0714. The number of fused-ring (bicyclic) bond motifs is 1. The second-order valence-electron chi connectivity index (χ2n) is 3.99. The number of furan rings is 1. The molecule has 2 heterocycles. The summed E-state index contributed by atoms with van der Waals surface area (Å²) < 4.78 is 5.75. The third-order valence-electron chi connectivity index (χ3n) is 2.67. The predicted molar refractivity (Wildman–Crippen MR) is 69.2 cm³/mol. The molecule has 2 aromatic heterocycles. The van der Waals surface area contributed by atoms with E-state index < -0.39 is 0 Å². The van der Waals surface area contributed by atoms with Crippen molar-refractivity contribution in [2.24, 2.45) is 0 Å². The maximum atomic E-state index is 6.06. The van der Waals surface area contributed by atoms with Crippen molar-refractivity contribution < 1.29 is 4.42 Å². The van der Waals surface area contributed by atoms with Crippen LogP contribution in [0, 0.1) is 6.92 Å². The molecule has 3 heteroatoms. The SMILES string of the molecule is Cc1cccc(-c2cc3nccc(Cl)c3o2)c1. The Morgan fingerprint density at radius 1 is 1.18 bits per heavy atom. The van der Waals surface area contributed by atoms with Gasteiger partial charge < -0.3 is 4.42 Å². The Morgan fingerprint density at radius 2 is 2.06 bits per heavy atom. The maximum absolute atomic E-state index is 6.06. The van der Waals surface area contributed by atoms with Crippen LogP contribution in [0.5, 0.6) is 0 Å². The van der Waals surface area contributed by atoms with E-state index in [0.29, 0.717) is 10.6 Å². The fourth-order valence-electron chi connectivity index (χ4n) is 1.85. The van der Waals surface area contributed by atoms with E-state index >= 15 is 0 Å². The lowest BCUT2D eigenvalue weighted by Crippen LogP contribution is -1.75. The minimum Gasteiger partial charge on any atom is -0.453 e. The molecular weight excluding hydrogens is 234 g/mol. The van der Waals surface area contributed by atoms with Gasteiger partial charge in [0, 0.05) is 17.8 Å². The molecule has 0 saturated heterocycles. The average Bonchev–Trinajstić information content (AvgIpc) is 2.74. The van der Waals surface area contributed by atoms with Crippen molar-refractivity contribution >= 4 is 22.7 Å². The standard InChI is InChI=1S/C14H10ClNO/c1-9-3-2-4-10(7-9)13-8-12-14(17-13)11(15)5-6-16-12/h2-8H,1H3. The fourth-order valence-corrected chi connectivity index (χ4v) is 2.04. The summed E-state index contributed by atoms with van der Waals surface area (Å²) in [5, 5.41) is 0.592. The Bertz CT molecular complexity index is 688. The normalized spacial score (nSPS) is 10.9. The van der Waals surface area contributed by atoms with Crippen LogP contribution in [-0.2, 0) is 0 Å². The van der Waals surface area contributed by atoms with Gasteiger partial charge in [0.15, 0.2) is 5.58 Å². The number of rotatable bonds is 1. The first-order valence-electron chi connectivity index (χ1n) is 5.35. The second kappa shape index (κ2) is 3.90. The largest absolute Gasteiger partial charge is 0.453 e. The highest BCUT2D eigenvalue weighted by molar-refractivity contribution is 6.34. The summed E-state index contributed by atoms with van der Waals surface area (Å²) in [5.74, 6) is 0.796. The van der Waals surface area contributed by atoms with E-state index in [1.807, 2.05) is 18.2 Å². The summed E-state index contributed by atoms with van der Waals surface area (Å²) in [6.45, 7) is 2.05. The van der Waals surface area contributed by atoms with Gasteiger partial charge in [-0.05, 0) is 19.1 Å².